The van der Waals surface area contributed by atoms with Gasteiger partial charge in [-0.15, -0.1) is 0 Å². The first-order valence-corrected chi connectivity index (χ1v) is 6.64. The van der Waals surface area contributed by atoms with Gasteiger partial charge in [-0.05, 0) is 35.6 Å². The Hall–Kier alpha value is -2.02. The quantitative estimate of drug-likeness (QED) is 0.707. The second-order valence-electron chi connectivity index (χ2n) is 4.68. The number of allylic oxidation sites excluding steroid dienone is 2. The van der Waals surface area contributed by atoms with E-state index in [1.807, 2.05) is 18.2 Å². The van der Waals surface area contributed by atoms with Gasteiger partial charge in [-0.3, -0.25) is 0 Å². The van der Waals surface area contributed by atoms with Crippen molar-refractivity contribution in [1.29, 1.82) is 0 Å². The molecule has 0 saturated carbocycles. The molecule has 1 nitrogen and oxygen atoms in total. The summed E-state index contributed by atoms with van der Waals surface area (Å²) in [5.41, 5.74) is 2.66. The van der Waals surface area contributed by atoms with Gasteiger partial charge in [0.1, 0.15) is 5.75 Å². The zero-order valence-corrected chi connectivity index (χ0v) is 11.5. The number of ether oxygens (including phenoxy) is 1. The van der Waals surface area contributed by atoms with Gasteiger partial charge in [-0.2, -0.15) is 0 Å². The monoisotopic (exact) mass is 252 g/mol. The molecule has 1 atom stereocenters. The van der Waals surface area contributed by atoms with Gasteiger partial charge in [-0.1, -0.05) is 61.5 Å². The van der Waals surface area contributed by atoms with E-state index in [-0.39, 0.29) is 0 Å². The molecule has 0 N–H and O–H groups in total. The molecule has 0 aromatic heterocycles. The molecule has 0 radical (unpaired) electrons. The van der Waals surface area contributed by atoms with Crippen LogP contribution in [0.15, 0.2) is 66.7 Å². The average molecular weight is 252 g/mol. The summed E-state index contributed by atoms with van der Waals surface area (Å²) in [7, 11) is 1.69. The first-order valence-electron chi connectivity index (χ1n) is 6.64. The van der Waals surface area contributed by atoms with Gasteiger partial charge < -0.3 is 4.74 Å². The van der Waals surface area contributed by atoms with E-state index in [1.54, 1.807) is 7.11 Å². The summed E-state index contributed by atoms with van der Waals surface area (Å²) in [4.78, 5) is 0. The van der Waals surface area contributed by atoms with Gasteiger partial charge >= 0.3 is 0 Å². The Bertz CT molecular complexity index is 511. The molecule has 2 aromatic rings. The van der Waals surface area contributed by atoms with Crippen LogP contribution in [-0.4, -0.2) is 7.11 Å². The lowest BCUT2D eigenvalue weighted by molar-refractivity contribution is 0.414. The van der Waals surface area contributed by atoms with E-state index < -0.39 is 0 Å². The van der Waals surface area contributed by atoms with Gasteiger partial charge in [0, 0.05) is 0 Å². The molecule has 19 heavy (non-hydrogen) atoms. The Morgan fingerprint density at radius 1 is 1.00 bits per heavy atom. The van der Waals surface area contributed by atoms with E-state index in [0.717, 1.165) is 12.2 Å². The predicted octanol–water partition coefficient (Wildman–Crippen LogP) is 4.60. The zero-order chi connectivity index (χ0) is 13.5. The number of rotatable bonds is 5. The van der Waals surface area contributed by atoms with E-state index >= 15 is 0 Å². The lowest BCUT2D eigenvalue weighted by atomic mass is 10.00. The molecule has 0 heterocycles. The Kier molecular flexibility index (Phi) is 4.79. The fraction of sp³-hybridized carbons (Fsp3) is 0.222. The van der Waals surface area contributed by atoms with Crippen molar-refractivity contribution in [2.75, 3.05) is 7.11 Å². The van der Waals surface area contributed by atoms with Crippen molar-refractivity contribution in [3.63, 3.8) is 0 Å². The van der Waals surface area contributed by atoms with Crippen LogP contribution in [0.5, 0.6) is 5.75 Å². The van der Waals surface area contributed by atoms with Crippen LogP contribution in [0.2, 0.25) is 0 Å². The van der Waals surface area contributed by atoms with Gasteiger partial charge in [-0.25, -0.2) is 0 Å². The Morgan fingerprint density at radius 2 is 1.68 bits per heavy atom. The minimum Gasteiger partial charge on any atom is -0.497 e. The fourth-order valence-corrected chi connectivity index (χ4v) is 2.04. The van der Waals surface area contributed by atoms with Crippen LogP contribution >= 0.6 is 0 Å². The molecule has 0 aliphatic heterocycles. The largest absolute Gasteiger partial charge is 0.497 e. The maximum atomic E-state index is 5.17. The second kappa shape index (κ2) is 6.79. The van der Waals surface area contributed by atoms with Crippen LogP contribution in [0.25, 0.3) is 0 Å². The van der Waals surface area contributed by atoms with E-state index in [1.165, 1.54) is 11.1 Å². The molecular weight excluding hydrogens is 232 g/mol. The van der Waals surface area contributed by atoms with Crippen molar-refractivity contribution in [2.45, 2.75) is 19.3 Å². The normalized spacial score (nSPS) is 12.5. The Balaban J connectivity index is 1.94. The fourth-order valence-electron chi connectivity index (χ4n) is 2.04. The molecule has 0 saturated heterocycles. The van der Waals surface area contributed by atoms with E-state index in [2.05, 4.69) is 55.5 Å². The molecule has 0 amide bonds. The summed E-state index contributed by atoms with van der Waals surface area (Å²) in [5.74, 6) is 1.33. The van der Waals surface area contributed by atoms with Crippen molar-refractivity contribution < 1.29 is 4.74 Å². The number of hydrogen-bond acceptors (Lipinski definition) is 1. The third-order valence-corrected chi connectivity index (χ3v) is 3.26. The van der Waals surface area contributed by atoms with Crippen LogP contribution in [0, 0.1) is 0 Å². The minimum absolute atomic E-state index is 0.426. The summed E-state index contributed by atoms with van der Waals surface area (Å²) in [6.07, 6.45) is 5.49. The van der Waals surface area contributed by atoms with Crippen LogP contribution in [0.1, 0.15) is 24.0 Å². The van der Waals surface area contributed by atoms with E-state index in [0.29, 0.717) is 5.92 Å². The smallest absolute Gasteiger partial charge is 0.118 e. The third kappa shape index (κ3) is 3.99. The highest BCUT2D eigenvalue weighted by Gasteiger charge is 2.01. The first-order chi connectivity index (χ1) is 9.29. The van der Waals surface area contributed by atoms with Gasteiger partial charge in [0.05, 0.1) is 7.11 Å². The van der Waals surface area contributed by atoms with Crippen LogP contribution in [0.3, 0.4) is 0 Å². The molecule has 0 aliphatic rings. The van der Waals surface area contributed by atoms with Crippen molar-refractivity contribution in [2.24, 2.45) is 0 Å². The van der Waals surface area contributed by atoms with Crippen LogP contribution < -0.4 is 4.74 Å². The van der Waals surface area contributed by atoms with Gasteiger partial charge in [0.2, 0.25) is 0 Å². The standard InChI is InChI=1S/C18H20O/c1-15(17-11-13-18(19-2)14-12-17)7-6-10-16-8-4-3-5-9-16/h3-9,11-15H,10H2,1-2H3/b7-6+/t15-/m0/s1. The third-order valence-electron chi connectivity index (χ3n) is 3.26. The predicted molar refractivity (Wildman–Crippen MR) is 80.7 cm³/mol. The van der Waals surface area contributed by atoms with E-state index in [4.69, 9.17) is 4.74 Å². The summed E-state index contributed by atoms with van der Waals surface area (Å²) >= 11 is 0. The molecule has 0 aliphatic carbocycles. The Morgan fingerprint density at radius 3 is 2.32 bits per heavy atom. The maximum Gasteiger partial charge on any atom is 0.118 e. The molecule has 2 aromatic carbocycles. The maximum absolute atomic E-state index is 5.17. The van der Waals surface area contributed by atoms with Crippen molar-refractivity contribution in [3.8, 4) is 5.75 Å². The molecule has 1 heteroatoms. The molecular formula is C18H20O. The molecule has 98 valence electrons. The number of benzene rings is 2. The van der Waals surface area contributed by atoms with Crippen molar-refractivity contribution in [1.82, 2.24) is 0 Å². The van der Waals surface area contributed by atoms with E-state index in [9.17, 15) is 0 Å². The Labute approximate surface area is 115 Å². The lowest BCUT2D eigenvalue weighted by Gasteiger charge is -2.07. The highest BCUT2D eigenvalue weighted by atomic mass is 16.5. The van der Waals surface area contributed by atoms with Crippen molar-refractivity contribution >= 4 is 0 Å². The summed E-state index contributed by atoms with van der Waals surface area (Å²) in [5, 5.41) is 0. The molecule has 0 bridgehead atoms. The van der Waals surface area contributed by atoms with Crippen LogP contribution in [0.4, 0.5) is 0 Å². The topological polar surface area (TPSA) is 9.23 Å². The average Bonchev–Trinajstić information content (AvgIpc) is 2.48. The SMILES string of the molecule is COc1ccc([C@@H](C)/C=C/Cc2ccccc2)cc1. The van der Waals surface area contributed by atoms with Gasteiger partial charge in [0.25, 0.3) is 0 Å². The van der Waals surface area contributed by atoms with Crippen molar-refractivity contribution in [3.05, 3.63) is 77.9 Å². The second-order valence-corrected chi connectivity index (χ2v) is 4.68. The van der Waals surface area contributed by atoms with Crippen LogP contribution in [-0.2, 0) is 6.42 Å². The minimum atomic E-state index is 0.426. The number of hydrogen-bond donors (Lipinski definition) is 0. The zero-order valence-electron chi connectivity index (χ0n) is 11.5. The highest BCUT2D eigenvalue weighted by molar-refractivity contribution is 5.31. The summed E-state index contributed by atoms with van der Waals surface area (Å²) in [6, 6.07) is 18.8. The van der Waals surface area contributed by atoms with Gasteiger partial charge in [0.15, 0.2) is 0 Å². The lowest BCUT2D eigenvalue weighted by Crippen LogP contribution is -1.90. The molecule has 0 spiro atoms. The molecule has 0 unspecified atom stereocenters. The molecule has 2 rings (SSSR count). The molecule has 0 fully saturated rings. The summed E-state index contributed by atoms with van der Waals surface area (Å²) in [6.45, 7) is 2.21. The first kappa shape index (κ1) is 13.4. The summed E-state index contributed by atoms with van der Waals surface area (Å²) < 4.78 is 5.17. The number of methoxy groups -OCH3 is 1. The highest BCUT2D eigenvalue weighted by Crippen LogP contribution is 2.20.